The first-order valence-electron chi connectivity index (χ1n) is 7.32. The van der Waals surface area contributed by atoms with Crippen LogP contribution in [0.25, 0.3) is 5.69 Å². The minimum absolute atomic E-state index is 0.751. The van der Waals surface area contributed by atoms with Crippen molar-refractivity contribution in [3.63, 3.8) is 0 Å². The average molecular weight is 290 g/mol. The fourth-order valence-corrected chi connectivity index (χ4v) is 3.01. The van der Waals surface area contributed by atoms with Gasteiger partial charge < -0.3 is 5.32 Å². The largest absolute Gasteiger partial charge is 0.370 e. The number of halogens is 1. The summed E-state index contributed by atoms with van der Waals surface area (Å²) < 4.78 is 2.04. The van der Waals surface area contributed by atoms with Crippen molar-refractivity contribution in [2.45, 2.75) is 39.5 Å². The van der Waals surface area contributed by atoms with Gasteiger partial charge in [0.05, 0.1) is 11.4 Å². The molecule has 0 bridgehead atoms. The maximum absolute atomic E-state index is 6.16. The molecule has 0 radical (unpaired) electrons. The van der Waals surface area contributed by atoms with E-state index >= 15 is 0 Å². The van der Waals surface area contributed by atoms with Crippen molar-refractivity contribution in [2.24, 2.45) is 0 Å². The van der Waals surface area contributed by atoms with Crippen LogP contribution < -0.4 is 5.32 Å². The third-order valence-corrected chi connectivity index (χ3v) is 4.18. The summed E-state index contributed by atoms with van der Waals surface area (Å²) in [4.78, 5) is 0. The van der Waals surface area contributed by atoms with E-state index in [0.29, 0.717) is 0 Å². The number of benzene rings is 1. The van der Waals surface area contributed by atoms with Gasteiger partial charge in [-0.05, 0) is 50.3 Å². The molecule has 0 amide bonds. The molecule has 1 aromatic heterocycles. The molecule has 0 saturated carbocycles. The van der Waals surface area contributed by atoms with Gasteiger partial charge in [-0.3, -0.25) is 0 Å². The molecule has 4 heteroatoms. The van der Waals surface area contributed by atoms with Crippen LogP contribution >= 0.6 is 11.6 Å². The van der Waals surface area contributed by atoms with Gasteiger partial charge in [0.15, 0.2) is 0 Å². The number of aromatic nitrogens is 2. The second-order valence-electron chi connectivity index (χ2n) is 5.35. The van der Waals surface area contributed by atoms with Crippen molar-refractivity contribution >= 4 is 17.4 Å². The number of hydrogen-bond donors (Lipinski definition) is 1. The van der Waals surface area contributed by atoms with E-state index < -0.39 is 0 Å². The van der Waals surface area contributed by atoms with Gasteiger partial charge in [0.2, 0.25) is 0 Å². The van der Waals surface area contributed by atoms with Crippen LogP contribution in [0.2, 0.25) is 5.02 Å². The van der Waals surface area contributed by atoms with Crippen molar-refractivity contribution < 1.29 is 0 Å². The molecule has 20 heavy (non-hydrogen) atoms. The molecule has 1 aliphatic rings. The maximum atomic E-state index is 6.16. The quantitative estimate of drug-likeness (QED) is 0.900. The fraction of sp³-hybridized carbons (Fsp3) is 0.438. The van der Waals surface area contributed by atoms with E-state index in [1.54, 1.807) is 0 Å². The highest BCUT2D eigenvalue weighted by atomic mass is 35.5. The SMILES string of the molecule is CCc1nn(-c2cc(Cl)ccc2C)c2c1CCCCN2. The van der Waals surface area contributed by atoms with Crippen molar-refractivity contribution in [2.75, 3.05) is 11.9 Å². The fourth-order valence-electron chi connectivity index (χ4n) is 2.84. The normalized spacial score (nSPS) is 14.6. The molecule has 3 nitrogen and oxygen atoms in total. The highest BCUT2D eigenvalue weighted by Gasteiger charge is 2.20. The van der Waals surface area contributed by atoms with Crippen LogP contribution in [0.3, 0.4) is 0 Å². The first kappa shape index (κ1) is 13.5. The number of nitrogens with zero attached hydrogens (tertiary/aromatic N) is 2. The Morgan fingerprint density at radius 2 is 2.20 bits per heavy atom. The van der Waals surface area contributed by atoms with Gasteiger partial charge in [-0.1, -0.05) is 24.6 Å². The number of aryl methyl sites for hydroxylation is 2. The third-order valence-electron chi connectivity index (χ3n) is 3.95. The van der Waals surface area contributed by atoms with Gasteiger partial charge in [-0.2, -0.15) is 5.10 Å². The number of hydrogen-bond acceptors (Lipinski definition) is 2. The van der Waals surface area contributed by atoms with E-state index in [1.165, 1.54) is 29.7 Å². The van der Waals surface area contributed by atoms with Crippen molar-refractivity contribution in [1.82, 2.24) is 9.78 Å². The van der Waals surface area contributed by atoms with E-state index in [-0.39, 0.29) is 0 Å². The van der Waals surface area contributed by atoms with Crippen molar-refractivity contribution in [3.05, 3.63) is 40.0 Å². The van der Waals surface area contributed by atoms with Gasteiger partial charge >= 0.3 is 0 Å². The summed E-state index contributed by atoms with van der Waals surface area (Å²) in [6.45, 7) is 5.28. The zero-order chi connectivity index (χ0) is 14.1. The molecule has 0 spiro atoms. The summed E-state index contributed by atoms with van der Waals surface area (Å²) in [6.07, 6.45) is 4.53. The van der Waals surface area contributed by atoms with Gasteiger partial charge in [-0.15, -0.1) is 0 Å². The summed E-state index contributed by atoms with van der Waals surface area (Å²) in [5.74, 6) is 1.16. The molecule has 0 atom stereocenters. The Labute approximate surface area is 124 Å². The standard InChI is InChI=1S/C16H20ClN3/c1-3-14-13-6-4-5-9-18-16(13)20(19-14)15-10-12(17)8-7-11(15)2/h7-8,10,18H,3-6,9H2,1-2H3. The van der Waals surface area contributed by atoms with E-state index in [0.717, 1.165) is 35.9 Å². The Bertz CT molecular complexity index is 631. The first-order chi connectivity index (χ1) is 9.70. The number of anilines is 1. The summed E-state index contributed by atoms with van der Waals surface area (Å²) >= 11 is 6.16. The number of nitrogens with one attached hydrogen (secondary N) is 1. The molecule has 0 aliphatic carbocycles. The lowest BCUT2D eigenvalue weighted by molar-refractivity contribution is 0.764. The van der Waals surface area contributed by atoms with Crippen LogP contribution in [0.4, 0.5) is 5.82 Å². The topological polar surface area (TPSA) is 29.9 Å². The Balaban J connectivity index is 2.18. The highest BCUT2D eigenvalue weighted by Crippen LogP contribution is 2.30. The molecule has 106 valence electrons. The van der Waals surface area contributed by atoms with E-state index in [2.05, 4.69) is 19.2 Å². The minimum atomic E-state index is 0.751. The molecular weight excluding hydrogens is 270 g/mol. The lowest BCUT2D eigenvalue weighted by atomic mass is 10.1. The molecule has 1 aromatic carbocycles. The van der Waals surface area contributed by atoms with Crippen molar-refractivity contribution in [3.8, 4) is 5.69 Å². The van der Waals surface area contributed by atoms with Crippen LogP contribution in [-0.2, 0) is 12.8 Å². The summed E-state index contributed by atoms with van der Waals surface area (Å²) in [5, 5.41) is 9.12. The van der Waals surface area contributed by atoms with E-state index in [4.69, 9.17) is 16.7 Å². The second-order valence-corrected chi connectivity index (χ2v) is 5.79. The maximum Gasteiger partial charge on any atom is 0.133 e. The van der Waals surface area contributed by atoms with Crippen LogP contribution in [-0.4, -0.2) is 16.3 Å². The van der Waals surface area contributed by atoms with Crippen LogP contribution in [0.1, 0.15) is 36.6 Å². The smallest absolute Gasteiger partial charge is 0.133 e. The summed E-state index contributed by atoms with van der Waals surface area (Å²) in [6, 6.07) is 5.97. The predicted octanol–water partition coefficient (Wildman–Crippen LogP) is 4.14. The Hall–Kier alpha value is -1.48. The predicted molar refractivity (Wildman–Crippen MR) is 84.1 cm³/mol. The molecule has 2 heterocycles. The molecular formula is C16H20ClN3. The van der Waals surface area contributed by atoms with Gasteiger partial charge in [0, 0.05) is 17.1 Å². The Morgan fingerprint density at radius 3 is 3.00 bits per heavy atom. The van der Waals surface area contributed by atoms with E-state index in [1.807, 2.05) is 22.9 Å². The summed E-state index contributed by atoms with van der Waals surface area (Å²) in [7, 11) is 0. The minimum Gasteiger partial charge on any atom is -0.370 e. The second kappa shape index (κ2) is 5.49. The molecule has 1 N–H and O–H groups in total. The first-order valence-corrected chi connectivity index (χ1v) is 7.69. The molecule has 2 aromatic rings. The summed E-state index contributed by atoms with van der Waals surface area (Å²) in [5.41, 5.74) is 4.84. The number of fused-ring (bicyclic) bond motifs is 1. The molecule has 1 aliphatic heterocycles. The van der Waals surface area contributed by atoms with Crippen LogP contribution in [0.5, 0.6) is 0 Å². The van der Waals surface area contributed by atoms with Crippen molar-refractivity contribution in [1.29, 1.82) is 0 Å². The lowest BCUT2D eigenvalue weighted by Gasteiger charge is -2.12. The van der Waals surface area contributed by atoms with E-state index in [9.17, 15) is 0 Å². The molecule has 0 unspecified atom stereocenters. The Morgan fingerprint density at radius 1 is 1.35 bits per heavy atom. The average Bonchev–Trinajstić information content (AvgIpc) is 2.62. The van der Waals surface area contributed by atoms with Gasteiger partial charge in [0.25, 0.3) is 0 Å². The monoisotopic (exact) mass is 289 g/mol. The van der Waals surface area contributed by atoms with Gasteiger partial charge in [0.1, 0.15) is 5.82 Å². The molecule has 0 saturated heterocycles. The third kappa shape index (κ3) is 2.31. The Kier molecular flexibility index (Phi) is 3.70. The number of rotatable bonds is 2. The molecule has 0 fully saturated rings. The zero-order valence-electron chi connectivity index (χ0n) is 12.0. The van der Waals surface area contributed by atoms with Gasteiger partial charge in [-0.25, -0.2) is 4.68 Å². The highest BCUT2D eigenvalue weighted by molar-refractivity contribution is 6.30. The zero-order valence-corrected chi connectivity index (χ0v) is 12.8. The molecule has 3 rings (SSSR count). The lowest BCUT2D eigenvalue weighted by Crippen LogP contribution is -2.08. The van der Waals surface area contributed by atoms with Crippen LogP contribution in [0, 0.1) is 6.92 Å². The van der Waals surface area contributed by atoms with Crippen LogP contribution in [0.15, 0.2) is 18.2 Å².